The van der Waals surface area contributed by atoms with Crippen LogP contribution in [0.15, 0.2) is 33.8 Å². The fourth-order valence-electron chi connectivity index (χ4n) is 3.15. The van der Waals surface area contributed by atoms with E-state index in [-0.39, 0.29) is 28.5 Å². The average Bonchev–Trinajstić information content (AvgIpc) is 3.31. The van der Waals surface area contributed by atoms with Crippen LogP contribution in [0.25, 0.3) is 0 Å². The molecule has 30 heavy (non-hydrogen) atoms. The molecule has 1 saturated heterocycles. The van der Waals surface area contributed by atoms with Gasteiger partial charge in [-0.3, -0.25) is 9.36 Å². The van der Waals surface area contributed by atoms with Gasteiger partial charge in [0.2, 0.25) is 0 Å². The van der Waals surface area contributed by atoms with Gasteiger partial charge >= 0.3 is 11.9 Å². The second kappa shape index (κ2) is 8.29. The number of ether oxygens (including phenoxy) is 2. The van der Waals surface area contributed by atoms with Gasteiger partial charge in [0.1, 0.15) is 11.5 Å². The molecule has 1 aliphatic heterocycles. The molecule has 3 rings (SSSR count). The van der Waals surface area contributed by atoms with Crippen LogP contribution in [-0.4, -0.2) is 30.3 Å². The zero-order valence-electron chi connectivity index (χ0n) is 17.4. The van der Waals surface area contributed by atoms with Gasteiger partial charge in [-0.2, -0.15) is 18.2 Å². The highest BCUT2D eigenvalue weighted by Gasteiger charge is 2.32. The Morgan fingerprint density at radius 3 is 2.60 bits per heavy atom. The number of oxazole rings is 1. The van der Waals surface area contributed by atoms with Crippen molar-refractivity contribution in [1.29, 1.82) is 0 Å². The van der Waals surface area contributed by atoms with Crippen molar-refractivity contribution in [3.63, 3.8) is 0 Å². The number of aromatic nitrogens is 1. The van der Waals surface area contributed by atoms with E-state index in [1.807, 2.05) is 20.8 Å². The van der Waals surface area contributed by atoms with Gasteiger partial charge in [-0.1, -0.05) is 20.8 Å². The smallest absolute Gasteiger partial charge is 0.416 e. The van der Waals surface area contributed by atoms with Crippen molar-refractivity contribution in [2.45, 2.75) is 57.9 Å². The van der Waals surface area contributed by atoms with E-state index >= 15 is 0 Å². The Kier molecular flexibility index (Phi) is 6.12. The predicted molar refractivity (Wildman–Crippen MR) is 102 cm³/mol. The first-order chi connectivity index (χ1) is 14.0. The van der Waals surface area contributed by atoms with Gasteiger partial charge in [0.15, 0.2) is 0 Å². The molecule has 1 amide bonds. The monoisotopic (exact) mass is 426 g/mol. The van der Waals surface area contributed by atoms with E-state index in [4.69, 9.17) is 13.9 Å². The maximum absolute atomic E-state index is 13.1. The lowest BCUT2D eigenvalue weighted by Gasteiger charge is -2.13. The summed E-state index contributed by atoms with van der Waals surface area (Å²) in [6.07, 6.45) is -1.05. The highest BCUT2D eigenvalue weighted by atomic mass is 19.4. The second-order valence-corrected chi connectivity index (χ2v) is 8.25. The maximum atomic E-state index is 13.1. The largest absolute Gasteiger partial charge is 0.496 e. The number of benzene rings is 1. The Hall–Kier alpha value is -2.55. The summed E-state index contributed by atoms with van der Waals surface area (Å²) in [6.45, 7) is 6.95. The lowest BCUT2D eigenvalue weighted by Crippen LogP contribution is -2.24. The van der Waals surface area contributed by atoms with Crippen molar-refractivity contribution >= 4 is 5.91 Å². The molecule has 2 aromatic rings. The number of hydrogen-bond acceptors (Lipinski definition) is 4. The second-order valence-electron chi connectivity index (χ2n) is 8.25. The summed E-state index contributed by atoms with van der Waals surface area (Å²) in [5.41, 5.74) is -1.57. The summed E-state index contributed by atoms with van der Waals surface area (Å²) >= 11 is 0. The molecule has 0 bridgehead atoms. The first kappa shape index (κ1) is 22.1. The van der Waals surface area contributed by atoms with Crippen molar-refractivity contribution in [1.82, 2.24) is 4.57 Å². The van der Waals surface area contributed by atoms with Crippen LogP contribution in [0.3, 0.4) is 0 Å². The Labute approximate surface area is 172 Å². The molecule has 0 saturated carbocycles. The predicted octanol–water partition coefficient (Wildman–Crippen LogP) is 4.33. The molecule has 6 nitrogen and oxygen atoms in total. The number of halogens is 3. The summed E-state index contributed by atoms with van der Waals surface area (Å²) in [4.78, 5) is 16.8. The van der Waals surface area contributed by atoms with Crippen molar-refractivity contribution in [2.75, 3.05) is 13.7 Å². The SMILES string of the molecule is COc1ccc(C(F)(F)F)cc1C(=O)N=c1oc(C(C)(C)C)cn1C[C@H]1CCCO1. The van der Waals surface area contributed by atoms with Gasteiger partial charge in [0.25, 0.3) is 5.91 Å². The van der Waals surface area contributed by atoms with Crippen LogP contribution in [0.2, 0.25) is 0 Å². The Morgan fingerprint density at radius 2 is 2.03 bits per heavy atom. The molecule has 1 aliphatic rings. The summed E-state index contributed by atoms with van der Waals surface area (Å²) in [5, 5.41) is 0. The topological polar surface area (TPSA) is 66.0 Å². The van der Waals surface area contributed by atoms with Crippen LogP contribution in [0.5, 0.6) is 5.75 Å². The normalized spacial score (nSPS) is 18.1. The number of amides is 1. The lowest BCUT2D eigenvalue weighted by molar-refractivity contribution is -0.137. The average molecular weight is 426 g/mol. The van der Waals surface area contributed by atoms with Gasteiger partial charge in [0, 0.05) is 18.2 Å². The first-order valence-electron chi connectivity index (χ1n) is 9.65. The third-order valence-electron chi connectivity index (χ3n) is 4.84. The highest BCUT2D eigenvalue weighted by Crippen LogP contribution is 2.32. The van der Waals surface area contributed by atoms with E-state index in [9.17, 15) is 18.0 Å². The molecule has 0 aliphatic carbocycles. The third-order valence-corrected chi connectivity index (χ3v) is 4.84. The summed E-state index contributed by atoms with van der Waals surface area (Å²) in [7, 11) is 1.28. The Bertz CT molecular complexity index is 977. The number of carbonyl (C=O) groups is 1. The number of rotatable bonds is 4. The molecule has 0 radical (unpaired) electrons. The molecule has 2 heterocycles. The van der Waals surface area contributed by atoms with Gasteiger partial charge in [-0.15, -0.1) is 0 Å². The van der Waals surface area contributed by atoms with E-state index in [1.165, 1.54) is 7.11 Å². The zero-order valence-corrected chi connectivity index (χ0v) is 17.4. The van der Waals surface area contributed by atoms with Gasteiger partial charge < -0.3 is 13.9 Å². The Morgan fingerprint density at radius 1 is 1.30 bits per heavy atom. The number of carbonyl (C=O) groups excluding carboxylic acids is 1. The standard InChI is InChI=1S/C21H25F3N2O4/c1-20(2,3)17-12-26(11-14-6-5-9-29-14)19(30-17)25-18(27)15-10-13(21(22,23)24)7-8-16(15)28-4/h7-8,10,12,14H,5-6,9,11H2,1-4H3/t14-/m1/s1. The van der Waals surface area contributed by atoms with Gasteiger partial charge in [-0.05, 0) is 31.0 Å². The van der Waals surface area contributed by atoms with E-state index in [0.29, 0.717) is 18.9 Å². The molecule has 1 fully saturated rings. The van der Waals surface area contributed by atoms with Gasteiger partial charge in [0.05, 0.1) is 30.9 Å². The first-order valence-corrected chi connectivity index (χ1v) is 9.65. The molecule has 0 unspecified atom stereocenters. The summed E-state index contributed by atoms with van der Waals surface area (Å²) in [5.74, 6) is -0.276. The number of alkyl halides is 3. The third kappa shape index (κ3) is 4.95. The van der Waals surface area contributed by atoms with E-state index in [2.05, 4.69) is 4.99 Å². The molecule has 1 aromatic carbocycles. The lowest BCUT2D eigenvalue weighted by atomic mass is 9.94. The number of nitrogens with zero attached hydrogens (tertiary/aromatic N) is 2. The van der Waals surface area contributed by atoms with Crippen LogP contribution in [0.4, 0.5) is 13.2 Å². The molecule has 1 aromatic heterocycles. The minimum Gasteiger partial charge on any atom is -0.496 e. The number of hydrogen-bond donors (Lipinski definition) is 0. The molecule has 1 atom stereocenters. The van der Waals surface area contributed by atoms with Crippen molar-refractivity contribution in [3.05, 3.63) is 47.0 Å². The van der Waals surface area contributed by atoms with Crippen molar-refractivity contribution in [2.24, 2.45) is 4.99 Å². The van der Waals surface area contributed by atoms with Crippen LogP contribution < -0.4 is 10.4 Å². The Balaban J connectivity index is 2.05. The molecular weight excluding hydrogens is 401 g/mol. The molecule has 0 spiro atoms. The minimum absolute atomic E-state index is 0.00465. The summed E-state index contributed by atoms with van der Waals surface area (Å²) in [6, 6.07) is 2.70. The van der Waals surface area contributed by atoms with Crippen molar-refractivity contribution in [3.8, 4) is 5.75 Å². The quantitative estimate of drug-likeness (QED) is 0.730. The molecule has 9 heteroatoms. The number of methoxy groups -OCH3 is 1. The van der Waals surface area contributed by atoms with Crippen LogP contribution >= 0.6 is 0 Å². The fraction of sp³-hybridized carbons (Fsp3) is 0.524. The summed E-state index contributed by atoms with van der Waals surface area (Å²) < 4.78 is 57.5. The van der Waals surface area contributed by atoms with Crippen LogP contribution in [-0.2, 0) is 22.9 Å². The minimum atomic E-state index is -4.59. The van der Waals surface area contributed by atoms with E-state index < -0.39 is 17.6 Å². The van der Waals surface area contributed by atoms with E-state index in [0.717, 1.165) is 31.0 Å². The highest BCUT2D eigenvalue weighted by molar-refractivity contribution is 5.97. The zero-order chi connectivity index (χ0) is 22.1. The van der Waals surface area contributed by atoms with Crippen molar-refractivity contribution < 1.29 is 31.9 Å². The van der Waals surface area contributed by atoms with Crippen LogP contribution in [0, 0.1) is 0 Å². The van der Waals surface area contributed by atoms with Crippen LogP contribution in [0.1, 0.15) is 55.3 Å². The molecular formula is C21H25F3N2O4. The molecule has 164 valence electrons. The molecule has 0 N–H and O–H groups in total. The van der Waals surface area contributed by atoms with E-state index in [1.54, 1.807) is 10.8 Å². The maximum Gasteiger partial charge on any atom is 0.416 e. The fourth-order valence-corrected chi connectivity index (χ4v) is 3.15. The van der Waals surface area contributed by atoms with Gasteiger partial charge in [-0.25, -0.2) is 0 Å².